The molecule has 1 aromatic rings. The first kappa shape index (κ1) is 15.7. The zero-order valence-electron chi connectivity index (χ0n) is 12.2. The predicted molar refractivity (Wildman–Crippen MR) is 77.2 cm³/mol. The molecule has 19 heavy (non-hydrogen) atoms. The average Bonchev–Trinajstić information content (AvgIpc) is 2.28. The minimum Gasteiger partial charge on any atom is -0.480 e. The van der Waals surface area contributed by atoms with Gasteiger partial charge in [0.1, 0.15) is 6.04 Å². The Morgan fingerprint density at radius 1 is 1.32 bits per heavy atom. The topological polar surface area (TPSA) is 52.6 Å². The molecule has 1 atom stereocenters. The molecule has 1 rings (SSSR count). The van der Waals surface area contributed by atoms with Crippen LogP contribution >= 0.6 is 0 Å². The van der Waals surface area contributed by atoms with Gasteiger partial charge in [-0.2, -0.15) is 0 Å². The Morgan fingerprint density at radius 2 is 1.89 bits per heavy atom. The van der Waals surface area contributed by atoms with Crippen LogP contribution in [0.3, 0.4) is 0 Å². The van der Waals surface area contributed by atoms with E-state index < -0.39 is 12.0 Å². The minimum absolute atomic E-state index is 0.0198. The molecule has 0 aromatic heterocycles. The molecule has 0 fully saturated rings. The molecular weight excluding hydrogens is 240 g/mol. The minimum atomic E-state index is -0.841. The summed E-state index contributed by atoms with van der Waals surface area (Å²) in [5, 5.41) is 12.5. The lowest BCUT2D eigenvalue weighted by molar-refractivity contribution is -0.139. The first-order chi connectivity index (χ1) is 8.82. The number of hydrogen-bond acceptors (Lipinski definition) is 3. The number of nitrogens with one attached hydrogen (secondary N) is 1. The first-order valence-electron chi connectivity index (χ1n) is 6.48. The van der Waals surface area contributed by atoms with E-state index in [4.69, 9.17) is 0 Å². The maximum atomic E-state index is 11.4. The molecule has 0 amide bonds. The quantitative estimate of drug-likeness (QED) is 0.791. The normalized spacial score (nSPS) is 13.5. The van der Waals surface area contributed by atoms with Gasteiger partial charge in [-0.1, -0.05) is 44.2 Å². The van der Waals surface area contributed by atoms with Crippen LogP contribution in [0.2, 0.25) is 0 Å². The van der Waals surface area contributed by atoms with Gasteiger partial charge in [-0.15, -0.1) is 0 Å². The Labute approximate surface area is 115 Å². The first-order valence-corrected chi connectivity index (χ1v) is 6.48. The molecular formula is C15H24N2O2. The van der Waals surface area contributed by atoms with Crippen molar-refractivity contribution in [2.75, 3.05) is 27.2 Å². The monoisotopic (exact) mass is 264 g/mol. The fraction of sp³-hybridized carbons (Fsp3) is 0.533. The molecule has 106 valence electrons. The number of carboxylic acids is 1. The maximum Gasteiger partial charge on any atom is 0.325 e. The van der Waals surface area contributed by atoms with E-state index in [9.17, 15) is 9.90 Å². The Morgan fingerprint density at radius 3 is 2.37 bits per heavy atom. The Balaban J connectivity index is 2.69. The van der Waals surface area contributed by atoms with Crippen molar-refractivity contribution in [3.63, 3.8) is 0 Å². The zero-order valence-corrected chi connectivity index (χ0v) is 12.2. The fourth-order valence-electron chi connectivity index (χ4n) is 2.28. The summed E-state index contributed by atoms with van der Waals surface area (Å²) in [4.78, 5) is 13.5. The van der Waals surface area contributed by atoms with E-state index in [0.29, 0.717) is 6.54 Å². The number of nitrogens with zero attached hydrogens (tertiary/aromatic N) is 1. The van der Waals surface area contributed by atoms with Crippen molar-refractivity contribution < 1.29 is 9.90 Å². The smallest absolute Gasteiger partial charge is 0.325 e. The molecule has 0 saturated heterocycles. The predicted octanol–water partition coefficient (Wildman–Crippen LogP) is 1.99. The molecule has 1 unspecified atom stereocenters. The standard InChI is InChI=1S/C15H24N2O2/c1-15(2,11-17(3)4)10-16-13(14(18)19)12-8-6-5-7-9-12/h5-9,13,16H,10-11H2,1-4H3,(H,18,19). The summed E-state index contributed by atoms with van der Waals surface area (Å²) >= 11 is 0. The van der Waals surface area contributed by atoms with Crippen LogP contribution in [-0.4, -0.2) is 43.2 Å². The van der Waals surface area contributed by atoms with Crippen LogP contribution in [0.5, 0.6) is 0 Å². The van der Waals surface area contributed by atoms with E-state index in [0.717, 1.165) is 12.1 Å². The molecule has 0 radical (unpaired) electrons. The molecule has 4 nitrogen and oxygen atoms in total. The van der Waals surface area contributed by atoms with Crippen LogP contribution in [0.4, 0.5) is 0 Å². The van der Waals surface area contributed by atoms with E-state index in [1.165, 1.54) is 0 Å². The van der Waals surface area contributed by atoms with Crippen molar-refractivity contribution in [1.82, 2.24) is 10.2 Å². The highest BCUT2D eigenvalue weighted by molar-refractivity contribution is 5.75. The van der Waals surface area contributed by atoms with Gasteiger partial charge in [-0.05, 0) is 25.1 Å². The number of rotatable bonds is 7. The summed E-state index contributed by atoms with van der Waals surface area (Å²) in [6.45, 7) is 5.81. The largest absolute Gasteiger partial charge is 0.480 e. The van der Waals surface area contributed by atoms with Gasteiger partial charge in [-0.25, -0.2) is 0 Å². The van der Waals surface area contributed by atoms with Crippen molar-refractivity contribution in [1.29, 1.82) is 0 Å². The molecule has 2 N–H and O–H groups in total. The number of hydrogen-bond donors (Lipinski definition) is 2. The van der Waals surface area contributed by atoms with Gasteiger partial charge in [-0.3, -0.25) is 4.79 Å². The molecule has 0 aliphatic carbocycles. The molecule has 0 bridgehead atoms. The van der Waals surface area contributed by atoms with Gasteiger partial charge < -0.3 is 15.3 Å². The average molecular weight is 264 g/mol. The van der Waals surface area contributed by atoms with Crippen LogP contribution in [0, 0.1) is 5.41 Å². The fourth-order valence-corrected chi connectivity index (χ4v) is 2.28. The van der Waals surface area contributed by atoms with Crippen LogP contribution < -0.4 is 5.32 Å². The van der Waals surface area contributed by atoms with E-state index in [-0.39, 0.29) is 5.41 Å². The second-order valence-corrected chi connectivity index (χ2v) is 5.96. The number of benzene rings is 1. The Bertz CT molecular complexity index is 402. The summed E-state index contributed by atoms with van der Waals surface area (Å²) in [5.41, 5.74) is 0.807. The lowest BCUT2D eigenvalue weighted by Crippen LogP contribution is -2.40. The molecule has 0 saturated carbocycles. The van der Waals surface area contributed by atoms with Gasteiger partial charge in [0.2, 0.25) is 0 Å². The summed E-state index contributed by atoms with van der Waals surface area (Å²) in [5.74, 6) is -0.841. The molecule has 0 aliphatic heterocycles. The van der Waals surface area contributed by atoms with E-state index >= 15 is 0 Å². The van der Waals surface area contributed by atoms with Crippen molar-refractivity contribution in [3.05, 3.63) is 35.9 Å². The third kappa shape index (κ3) is 5.41. The second-order valence-electron chi connectivity index (χ2n) is 5.96. The van der Waals surface area contributed by atoms with Crippen molar-refractivity contribution in [2.24, 2.45) is 5.41 Å². The molecule has 1 aromatic carbocycles. The summed E-state index contributed by atoms with van der Waals surface area (Å²) in [6, 6.07) is 8.63. The van der Waals surface area contributed by atoms with Crippen LogP contribution in [0.25, 0.3) is 0 Å². The molecule has 0 aliphatic rings. The highest BCUT2D eigenvalue weighted by atomic mass is 16.4. The second kappa shape index (κ2) is 6.68. The summed E-state index contributed by atoms with van der Waals surface area (Å²) < 4.78 is 0. The van der Waals surface area contributed by atoms with Crippen LogP contribution in [0.1, 0.15) is 25.5 Å². The molecule has 4 heteroatoms. The number of carbonyl (C=O) groups is 1. The third-order valence-corrected chi connectivity index (χ3v) is 2.91. The maximum absolute atomic E-state index is 11.4. The van der Waals surface area contributed by atoms with Gasteiger partial charge in [0, 0.05) is 13.1 Å². The van der Waals surface area contributed by atoms with Crippen molar-refractivity contribution in [3.8, 4) is 0 Å². The van der Waals surface area contributed by atoms with Crippen molar-refractivity contribution in [2.45, 2.75) is 19.9 Å². The summed E-state index contributed by atoms with van der Waals surface area (Å²) in [7, 11) is 4.04. The Hall–Kier alpha value is -1.39. The van der Waals surface area contributed by atoms with E-state index in [2.05, 4.69) is 24.1 Å². The number of carboxylic acid groups (broad SMARTS) is 1. The molecule has 0 spiro atoms. The van der Waals surface area contributed by atoms with Crippen LogP contribution in [0.15, 0.2) is 30.3 Å². The number of aliphatic carboxylic acids is 1. The zero-order chi connectivity index (χ0) is 14.5. The highest BCUT2D eigenvalue weighted by Gasteiger charge is 2.24. The van der Waals surface area contributed by atoms with Gasteiger partial charge in [0.05, 0.1) is 0 Å². The highest BCUT2D eigenvalue weighted by Crippen LogP contribution is 2.18. The third-order valence-electron chi connectivity index (χ3n) is 2.91. The van der Waals surface area contributed by atoms with Gasteiger partial charge in [0.15, 0.2) is 0 Å². The SMILES string of the molecule is CN(C)CC(C)(C)CNC(C(=O)O)c1ccccc1. The van der Waals surface area contributed by atoms with E-state index in [1.54, 1.807) is 0 Å². The van der Waals surface area contributed by atoms with Crippen LogP contribution in [-0.2, 0) is 4.79 Å². The Kier molecular flexibility index (Phi) is 5.51. The van der Waals surface area contributed by atoms with E-state index in [1.807, 2.05) is 44.4 Å². The van der Waals surface area contributed by atoms with Crippen molar-refractivity contribution >= 4 is 5.97 Å². The summed E-state index contributed by atoms with van der Waals surface area (Å²) in [6.07, 6.45) is 0. The van der Waals surface area contributed by atoms with Gasteiger partial charge in [0.25, 0.3) is 0 Å². The van der Waals surface area contributed by atoms with Gasteiger partial charge >= 0.3 is 5.97 Å². The molecule has 0 heterocycles. The lowest BCUT2D eigenvalue weighted by Gasteiger charge is -2.30. The lowest BCUT2D eigenvalue weighted by atomic mass is 9.92.